The zero-order valence-corrected chi connectivity index (χ0v) is 11.1. The maximum Gasteiger partial charge on any atom is 0.320 e. The Bertz CT molecular complexity index is 225. The van der Waals surface area contributed by atoms with Crippen molar-refractivity contribution < 1.29 is 9.90 Å². The summed E-state index contributed by atoms with van der Waals surface area (Å²) in [5, 5.41) is 12.4. The molecule has 0 aliphatic carbocycles. The summed E-state index contributed by atoms with van der Waals surface area (Å²) in [5.41, 5.74) is 0. The van der Waals surface area contributed by atoms with Gasteiger partial charge in [-0.25, -0.2) is 0 Å². The van der Waals surface area contributed by atoms with Crippen LogP contribution in [0.4, 0.5) is 0 Å². The van der Waals surface area contributed by atoms with Crippen LogP contribution in [0.1, 0.15) is 46.0 Å². The number of rotatable bonds is 7. The van der Waals surface area contributed by atoms with Crippen molar-refractivity contribution in [3.63, 3.8) is 0 Å². The fourth-order valence-corrected chi connectivity index (χ4v) is 2.49. The first kappa shape index (κ1) is 14.5. The predicted octanol–water partition coefficient (Wildman–Crippen LogP) is 1.70. The van der Waals surface area contributed by atoms with Crippen LogP contribution in [0.25, 0.3) is 0 Å². The number of hydrogen-bond acceptors (Lipinski definition) is 3. The third kappa shape index (κ3) is 5.04. The zero-order chi connectivity index (χ0) is 12.7. The Morgan fingerprint density at radius 3 is 2.47 bits per heavy atom. The van der Waals surface area contributed by atoms with Gasteiger partial charge in [0.15, 0.2) is 0 Å². The van der Waals surface area contributed by atoms with Crippen molar-refractivity contribution in [1.82, 2.24) is 10.2 Å². The number of hydrogen-bond donors (Lipinski definition) is 2. The number of nitrogens with one attached hydrogen (secondary N) is 1. The second-order valence-corrected chi connectivity index (χ2v) is 4.96. The third-order valence-corrected chi connectivity index (χ3v) is 3.44. The average molecular weight is 242 g/mol. The summed E-state index contributed by atoms with van der Waals surface area (Å²) in [7, 11) is 0. The number of nitrogens with zero attached hydrogens (tertiary/aromatic N) is 1. The van der Waals surface area contributed by atoms with Crippen molar-refractivity contribution in [3.05, 3.63) is 0 Å². The lowest BCUT2D eigenvalue weighted by atomic mass is 10.0. The lowest BCUT2D eigenvalue weighted by molar-refractivity contribution is -0.140. The van der Waals surface area contributed by atoms with E-state index >= 15 is 0 Å². The standard InChI is InChI=1S/C13H26N2O2/c1-3-5-12(13(16)17)14-11-6-9-15(8-4-2)10-7-11/h11-12,14H,3-10H2,1-2H3,(H,16,17). The van der Waals surface area contributed by atoms with Gasteiger partial charge in [-0.3, -0.25) is 4.79 Å². The first-order valence-electron chi connectivity index (χ1n) is 6.88. The van der Waals surface area contributed by atoms with Crippen LogP contribution in [-0.2, 0) is 4.79 Å². The fourth-order valence-electron chi connectivity index (χ4n) is 2.49. The van der Waals surface area contributed by atoms with Crippen molar-refractivity contribution in [1.29, 1.82) is 0 Å². The van der Waals surface area contributed by atoms with Gasteiger partial charge in [-0.1, -0.05) is 20.3 Å². The van der Waals surface area contributed by atoms with Gasteiger partial charge in [0.25, 0.3) is 0 Å². The van der Waals surface area contributed by atoms with Gasteiger partial charge < -0.3 is 15.3 Å². The SMILES string of the molecule is CCCC(NC1CCN(CCC)CC1)C(=O)O. The average Bonchev–Trinajstić information content (AvgIpc) is 2.31. The van der Waals surface area contributed by atoms with Crippen molar-refractivity contribution in [2.75, 3.05) is 19.6 Å². The van der Waals surface area contributed by atoms with Crippen molar-refractivity contribution in [2.45, 2.75) is 58.0 Å². The molecule has 1 aliphatic heterocycles. The molecule has 1 aliphatic rings. The minimum Gasteiger partial charge on any atom is -0.480 e. The maximum atomic E-state index is 11.1. The van der Waals surface area contributed by atoms with Gasteiger partial charge in [0.1, 0.15) is 6.04 Å². The molecule has 1 unspecified atom stereocenters. The molecule has 0 saturated carbocycles. The monoisotopic (exact) mass is 242 g/mol. The van der Waals surface area contributed by atoms with Gasteiger partial charge in [-0.15, -0.1) is 0 Å². The molecule has 1 atom stereocenters. The Morgan fingerprint density at radius 2 is 2.00 bits per heavy atom. The molecule has 0 spiro atoms. The molecule has 100 valence electrons. The van der Waals surface area contributed by atoms with Gasteiger partial charge >= 0.3 is 5.97 Å². The Kier molecular flexibility index (Phi) is 6.52. The van der Waals surface area contributed by atoms with Gasteiger partial charge in [0.2, 0.25) is 0 Å². The molecule has 1 saturated heterocycles. The smallest absolute Gasteiger partial charge is 0.320 e. The summed E-state index contributed by atoms with van der Waals surface area (Å²) in [6.07, 6.45) is 5.00. The van der Waals surface area contributed by atoms with E-state index in [2.05, 4.69) is 17.1 Å². The molecule has 0 amide bonds. The normalized spacial score (nSPS) is 20.4. The molecule has 0 aromatic rings. The molecule has 0 radical (unpaired) electrons. The highest BCUT2D eigenvalue weighted by Gasteiger charge is 2.24. The van der Waals surface area contributed by atoms with E-state index in [9.17, 15) is 4.79 Å². The van der Waals surface area contributed by atoms with Crippen LogP contribution in [0.15, 0.2) is 0 Å². The minimum atomic E-state index is -0.706. The summed E-state index contributed by atoms with van der Waals surface area (Å²) in [6, 6.07) is 0.0264. The summed E-state index contributed by atoms with van der Waals surface area (Å²) in [4.78, 5) is 13.5. The molecule has 0 bridgehead atoms. The van der Waals surface area contributed by atoms with Gasteiger partial charge in [-0.2, -0.15) is 0 Å². The molecule has 1 rings (SSSR count). The number of carboxylic acid groups (broad SMARTS) is 1. The van der Waals surface area contributed by atoms with Crippen LogP contribution < -0.4 is 5.32 Å². The molecule has 0 aromatic carbocycles. The van der Waals surface area contributed by atoms with E-state index in [4.69, 9.17) is 5.11 Å². The molecule has 2 N–H and O–H groups in total. The number of likely N-dealkylation sites (tertiary alicyclic amines) is 1. The molecular weight excluding hydrogens is 216 g/mol. The van der Waals surface area contributed by atoms with E-state index in [1.165, 1.54) is 13.0 Å². The van der Waals surface area contributed by atoms with E-state index in [0.29, 0.717) is 6.04 Å². The van der Waals surface area contributed by atoms with E-state index < -0.39 is 5.97 Å². The number of carbonyl (C=O) groups is 1. The van der Waals surface area contributed by atoms with Crippen LogP contribution in [-0.4, -0.2) is 47.7 Å². The maximum absolute atomic E-state index is 11.1. The summed E-state index contributed by atoms with van der Waals surface area (Å²) >= 11 is 0. The molecule has 1 fully saturated rings. The fraction of sp³-hybridized carbons (Fsp3) is 0.923. The quantitative estimate of drug-likeness (QED) is 0.713. The molecule has 17 heavy (non-hydrogen) atoms. The third-order valence-electron chi connectivity index (χ3n) is 3.44. The van der Waals surface area contributed by atoms with E-state index in [0.717, 1.165) is 38.8 Å². The van der Waals surface area contributed by atoms with Crippen LogP contribution >= 0.6 is 0 Å². The van der Waals surface area contributed by atoms with Gasteiger partial charge in [-0.05, 0) is 45.3 Å². The lowest BCUT2D eigenvalue weighted by Gasteiger charge is -2.33. The van der Waals surface area contributed by atoms with Gasteiger partial charge in [0, 0.05) is 6.04 Å². The lowest BCUT2D eigenvalue weighted by Crippen LogP contribution is -2.48. The molecule has 4 nitrogen and oxygen atoms in total. The van der Waals surface area contributed by atoms with E-state index in [1.54, 1.807) is 0 Å². The van der Waals surface area contributed by atoms with Crippen LogP contribution in [0.3, 0.4) is 0 Å². The number of aliphatic carboxylic acids is 1. The van der Waals surface area contributed by atoms with Crippen molar-refractivity contribution >= 4 is 5.97 Å². The van der Waals surface area contributed by atoms with Crippen molar-refractivity contribution in [2.24, 2.45) is 0 Å². The highest BCUT2D eigenvalue weighted by Crippen LogP contribution is 2.12. The van der Waals surface area contributed by atoms with Crippen LogP contribution in [0.5, 0.6) is 0 Å². The largest absolute Gasteiger partial charge is 0.480 e. The zero-order valence-electron chi connectivity index (χ0n) is 11.1. The summed E-state index contributed by atoms with van der Waals surface area (Å²) in [5.74, 6) is -0.706. The second kappa shape index (κ2) is 7.67. The summed E-state index contributed by atoms with van der Waals surface area (Å²) in [6.45, 7) is 7.60. The topological polar surface area (TPSA) is 52.6 Å². The molecule has 1 heterocycles. The van der Waals surface area contributed by atoms with E-state index in [1.807, 2.05) is 6.92 Å². The van der Waals surface area contributed by atoms with Crippen LogP contribution in [0.2, 0.25) is 0 Å². The number of carboxylic acids is 1. The summed E-state index contributed by atoms with van der Waals surface area (Å²) < 4.78 is 0. The molecular formula is C13H26N2O2. The van der Waals surface area contributed by atoms with Crippen molar-refractivity contribution in [3.8, 4) is 0 Å². The minimum absolute atomic E-state index is 0.359. The first-order chi connectivity index (χ1) is 8.17. The second-order valence-electron chi connectivity index (χ2n) is 4.96. The predicted molar refractivity (Wildman–Crippen MR) is 69.2 cm³/mol. The Balaban J connectivity index is 2.30. The molecule has 0 aromatic heterocycles. The van der Waals surface area contributed by atoms with Crippen LogP contribution in [0, 0.1) is 0 Å². The Morgan fingerprint density at radius 1 is 1.35 bits per heavy atom. The molecule has 4 heteroatoms. The number of piperidine rings is 1. The van der Waals surface area contributed by atoms with E-state index in [-0.39, 0.29) is 6.04 Å². The van der Waals surface area contributed by atoms with Gasteiger partial charge in [0.05, 0.1) is 0 Å². The highest BCUT2D eigenvalue weighted by atomic mass is 16.4. The first-order valence-corrected chi connectivity index (χ1v) is 6.88. The Labute approximate surface area is 104 Å². The Hall–Kier alpha value is -0.610. The highest BCUT2D eigenvalue weighted by molar-refractivity contribution is 5.73.